The molecule has 1 saturated carbocycles. The molecule has 7 heteroatoms. The summed E-state index contributed by atoms with van der Waals surface area (Å²) < 4.78 is 70.5. The van der Waals surface area contributed by atoms with Gasteiger partial charge in [0, 0.05) is 9.58 Å². The summed E-state index contributed by atoms with van der Waals surface area (Å²) in [4.78, 5) is 1.45. The Labute approximate surface area is 218 Å². The van der Waals surface area contributed by atoms with Crippen molar-refractivity contribution in [2.24, 2.45) is 5.92 Å². The van der Waals surface area contributed by atoms with E-state index in [1.54, 1.807) is 0 Å². The topological polar surface area (TPSA) is 9.23 Å². The quantitative estimate of drug-likeness (QED) is 0.226. The molecule has 0 amide bonds. The largest absolute Gasteiger partial charge is 0.573 e. The van der Waals surface area contributed by atoms with Crippen molar-refractivity contribution in [3.8, 4) is 5.75 Å². The highest BCUT2D eigenvalue weighted by Crippen LogP contribution is 2.44. The molecule has 1 unspecified atom stereocenters. The Bertz CT molecular complexity index is 1260. The van der Waals surface area contributed by atoms with E-state index in [0.29, 0.717) is 17.4 Å². The molecule has 2 aliphatic carbocycles. The zero-order valence-electron chi connectivity index (χ0n) is 20.8. The number of hydrogen-bond acceptors (Lipinski definition) is 2. The highest BCUT2D eigenvalue weighted by Gasteiger charge is 2.35. The molecule has 5 rings (SSSR count). The zero-order chi connectivity index (χ0) is 26.2. The second-order valence-electron chi connectivity index (χ2n) is 10.4. The molecule has 1 fully saturated rings. The van der Waals surface area contributed by atoms with E-state index >= 15 is 0 Å². The maximum absolute atomic E-state index is 14.2. The van der Waals surface area contributed by atoms with E-state index < -0.39 is 23.7 Å². The lowest BCUT2D eigenvalue weighted by atomic mass is 9.72. The molecule has 37 heavy (non-hydrogen) atoms. The minimum Gasteiger partial charge on any atom is -0.399 e. The Morgan fingerprint density at radius 1 is 0.865 bits per heavy atom. The predicted molar refractivity (Wildman–Crippen MR) is 138 cm³/mol. The van der Waals surface area contributed by atoms with Crippen LogP contribution < -0.4 is 4.74 Å². The predicted octanol–water partition coefficient (Wildman–Crippen LogP) is 10.2. The summed E-state index contributed by atoms with van der Waals surface area (Å²) in [5.41, 5.74) is 3.31. The van der Waals surface area contributed by atoms with Gasteiger partial charge in [-0.1, -0.05) is 37.1 Å². The van der Waals surface area contributed by atoms with Crippen molar-refractivity contribution in [1.82, 2.24) is 0 Å². The monoisotopic (exact) mass is 534 g/mol. The standard InChI is InChI=1S/C30H31F5OS/c1-2-3-25-14-23-13-12-22(17-28(23)37-25)20-8-4-18(5-9-20)19-6-10-21(11-7-19)24-15-26(31)29(27(32)16-24)36-30(33,34)35/h4,12-17,19-21H,2-3,5-11H2,1H3. The first-order valence-electron chi connectivity index (χ1n) is 13.2. The molecular formula is C30H31F5OS. The number of hydrogen-bond donors (Lipinski definition) is 0. The summed E-state index contributed by atoms with van der Waals surface area (Å²) >= 11 is 1.91. The third kappa shape index (κ3) is 6.02. The van der Waals surface area contributed by atoms with Crippen molar-refractivity contribution in [3.05, 3.63) is 75.7 Å². The molecule has 1 nitrogen and oxygen atoms in total. The van der Waals surface area contributed by atoms with Gasteiger partial charge in [-0.25, -0.2) is 8.78 Å². The second-order valence-corrected chi connectivity index (χ2v) is 11.6. The van der Waals surface area contributed by atoms with Crippen molar-refractivity contribution < 1.29 is 26.7 Å². The van der Waals surface area contributed by atoms with E-state index in [4.69, 9.17) is 0 Å². The van der Waals surface area contributed by atoms with E-state index in [1.807, 2.05) is 11.3 Å². The molecule has 3 aromatic rings. The van der Waals surface area contributed by atoms with Crippen molar-refractivity contribution in [1.29, 1.82) is 0 Å². The molecule has 0 radical (unpaired) electrons. The first-order valence-corrected chi connectivity index (χ1v) is 14.0. The minimum absolute atomic E-state index is 0.0627. The van der Waals surface area contributed by atoms with Crippen LogP contribution in [0.15, 0.2) is 48.0 Å². The number of fused-ring (bicyclic) bond motifs is 1. The summed E-state index contributed by atoms with van der Waals surface area (Å²) in [5, 5.41) is 1.34. The molecule has 198 valence electrons. The van der Waals surface area contributed by atoms with E-state index in [1.165, 1.54) is 26.1 Å². The van der Waals surface area contributed by atoms with Gasteiger partial charge in [0.25, 0.3) is 0 Å². The number of halogens is 5. The third-order valence-corrected chi connectivity index (χ3v) is 9.13. The summed E-state index contributed by atoms with van der Waals surface area (Å²) in [6.45, 7) is 2.21. The van der Waals surface area contributed by atoms with Gasteiger partial charge in [0.05, 0.1) is 0 Å². The van der Waals surface area contributed by atoms with E-state index in [0.717, 1.165) is 69.9 Å². The SMILES string of the molecule is CCCc1cc2ccc(C3CC=C(C4CCC(c5cc(F)c(OC(F)(F)F)c(F)c5)CC4)CC3)cc2s1. The molecule has 2 aromatic carbocycles. The average molecular weight is 535 g/mol. The van der Waals surface area contributed by atoms with Crippen LogP contribution in [0.25, 0.3) is 10.1 Å². The summed E-state index contributed by atoms with van der Waals surface area (Å²) in [6, 6.07) is 11.2. The lowest BCUT2D eigenvalue weighted by Crippen LogP contribution is -2.20. The first-order chi connectivity index (χ1) is 17.7. The van der Waals surface area contributed by atoms with Gasteiger partial charge in [0.2, 0.25) is 5.75 Å². The normalized spacial score (nSPS) is 22.8. The van der Waals surface area contributed by atoms with Crippen LogP contribution in [-0.4, -0.2) is 6.36 Å². The Hall–Kier alpha value is -2.41. The number of benzene rings is 2. The summed E-state index contributed by atoms with van der Waals surface area (Å²) in [5.74, 6) is -3.06. The highest BCUT2D eigenvalue weighted by molar-refractivity contribution is 7.19. The molecule has 2 aliphatic rings. The van der Waals surface area contributed by atoms with Crippen LogP contribution in [0.4, 0.5) is 22.0 Å². The average Bonchev–Trinajstić information content (AvgIpc) is 3.28. The fourth-order valence-electron chi connectivity index (χ4n) is 6.08. The molecule has 0 aliphatic heterocycles. The van der Waals surface area contributed by atoms with Crippen molar-refractivity contribution >= 4 is 21.4 Å². The molecule has 1 atom stereocenters. The molecular weight excluding hydrogens is 503 g/mol. The maximum Gasteiger partial charge on any atom is 0.573 e. The van der Waals surface area contributed by atoms with Gasteiger partial charge in [-0.2, -0.15) is 0 Å². The molecule has 0 N–H and O–H groups in total. The van der Waals surface area contributed by atoms with Gasteiger partial charge in [-0.3, -0.25) is 0 Å². The molecule has 0 bridgehead atoms. The van der Waals surface area contributed by atoms with E-state index in [9.17, 15) is 22.0 Å². The fraction of sp³-hybridized carbons (Fsp3) is 0.467. The van der Waals surface area contributed by atoms with Crippen LogP contribution in [-0.2, 0) is 6.42 Å². The smallest absolute Gasteiger partial charge is 0.399 e. The second kappa shape index (κ2) is 10.8. The molecule has 0 saturated heterocycles. The number of alkyl halides is 3. The van der Waals surface area contributed by atoms with Gasteiger partial charge in [-0.15, -0.1) is 24.5 Å². The van der Waals surface area contributed by atoms with E-state index in [-0.39, 0.29) is 5.92 Å². The number of allylic oxidation sites excluding steroid dienone is 2. The summed E-state index contributed by atoms with van der Waals surface area (Å²) in [7, 11) is 0. The van der Waals surface area contributed by atoms with Gasteiger partial charge in [0.15, 0.2) is 11.6 Å². The minimum atomic E-state index is -5.14. The van der Waals surface area contributed by atoms with Crippen LogP contribution in [0.5, 0.6) is 5.75 Å². The van der Waals surface area contributed by atoms with Crippen LogP contribution in [0.3, 0.4) is 0 Å². The molecule has 1 heterocycles. The zero-order valence-corrected chi connectivity index (χ0v) is 21.7. The number of aryl methyl sites for hydroxylation is 1. The van der Waals surface area contributed by atoms with Crippen molar-refractivity contribution in [3.63, 3.8) is 0 Å². The van der Waals surface area contributed by atoms with Gasteiger partial charge >= 0.3 is 6.36 Å². The maximum atomic E-state index is 14.2. The highest BCUT2D eigenvalue weighted by atomic mass is 32.1. The van der Waals surface area contributed by atoms with Crippen LogP contribution in [0, 0.1) is 17.6 Å². The van der Waals surface area contributed by atoms with Gasteiger partial charge in [-0.05, 0) is 110 Å². The molecule has 0 spiro atoms. The van der Waals surface area contributed by atoms with Crippen molar-refractivity contribution in [2.45, 2.75) is 82.9 Å². The van der Waals surface area contributed by atoms with Crippen LogP contribution in [0.1, 0.15) is 86.1 Å². The van der Waals surface area contributed by atoms with E-state index in [2.05, 4.69) is 42.0 Å². The fourth-order valence-corrected chi connectivity index (χ4v) is 7.29. The first kappa shape index (κ1) is 26.2. The van der Waals surface area contributed by atoms with Gasteiger partial charge < -0.3 is 4.74 Å². The van der Waals surface area contributed by atoms with Gasteiger partial charge in [0.1, 0.15) is 0 Å². The Kier molecular flexibility index (Phi) is 7.62. The lowest BCUT2D eigenvalue weighted by molar-refractivity contribution is -0.276. The van der Waals surface area contributed by atoms with Crippen LogP contribution >= 0.6 is 11.3 Å². The Morgan fingerprint density at radius 2 is 1.57 bits per heavy atom. The Morgan fingerprint density at radius 3 is 2.19 bits per heavy atom. The number of thiophene rings is 1. The Balaban J connectivity index is 1.19. The van der Waals surface area contributed by atoms with Crippen molar-refractivity contribution in [2.75, 3.05) is 0 Å². The van der Waals surface area contributed by atoms with Crippen LogP contribution in [0.2, 0.25) is 0 Å². The molecule has 1 aromatic heterocycles. The number of rotatable bonds is 6. The lowest BCUT2D eigenvalue weighted by Gasteiger charge is -2.33. The summed E-state index contributed by atoms with van der Waals surface area (Å²) in [6.07, 6.45) is 6.16. The number of ether oxygens (including phenoxy) is 1. The third-order valence-electron chi connectivity index (χ3n) is 7.97.